The lowest BCUT2D eigenvalue weighted by molar-refractivity contribution is 0.0945. The van der Waals surface area contributed by atoms with Crippen molar-refractivity contribution < 1.29 is 4.79 Å². The van der Waals surface area contributed by atoms with Crippen LogP contribution in [-0.4, -0.2) is 38.7 Å². The molecule has 0 fully saturated rings. The van der Waals surface area contributed by atoms with Crippen LogP contribution in [0.5, 0.6) is 0 Å². The third kappa shape index (κ3) is 5.74. The number of hydrogen-bond donors (Lipinski definition) is 3. The number of aromatic nitrogens is 4. The second kappa shape index (κ2) is 9.95. The van der Waals surface area contributed by atoms with Crippen molar-refractivity contribution in [3.8, 4) is 11.3 Å². The van der Waals surface area contributed by atoms with Crippen LogP contribution in [0.15, 0.2) is 66.7 Å². The molecular weight excluding hydrogens is 414 g/mol. The molecule has 2 heterocycles. The molecule has 0 unspecified atom stereocenters. The van der Waals surface area contributed by atoms with E-state index in [4.69, 9.17) is 0 Å². The van der Waals surface area contributed by atoms with Crippen LogP contribution in [0.4, 0.5) is 17.5 Å². The normalized spacial score (nSPS) is 10.6. The molecule has 0 aliphatic heterocycles. The molecule has 0 radical (unpaired) electrons. The van der Waals surface area contributed by atoms with Crippen LogP contribution < -0.4 is 16.0 Å². The number of nitrogens with zero attached hydrogens (tertiary/aromatic N) is 4. The lowest BCUT2D eigenvalue weighted by atomic mass is 10.1. The van der Waals surface area contributed by atoms with Gasteiger partial charge in [-0.05, 0) is 32.0 Å². The Labute approximate surface area is 193 Å². The zero-order valence-electron chi connectivity index (χ0n) is 19.0. The number of carbonyl (C=O) groups excluding carboxylic acids is 1. The van der Waals surface area contributed by atoms with E-state index in [9.17, 15) is 4.79 Å². The van der Waals surface area contributed by atoms with E-state index in [-0.39, 0.29) is 5.91 Å². The number of carbonyl (C=O) groups is 1. The van der Waals surface area contributed by atoms with Gasteiger partial charge in [0.25, 0.3) is 5.91 Å². The molecule has 0 saturated heterocycles. The third-order valence-electron chi connectivity index (χ3n) is 5.05. The number of hydrogen-bond acceptors (Lipinski definition) is 6. The molecule has 8 nitrogen and oxygen atoms in total. The van der Waals surface area contributed by atoms with Crippen molar-refractivity contribution >= 4 is 23.4 Å². The van der Waals surface area contributed by atoms with Crippen LogP contribution in [0.3, 0.4) is 0 Å². The molecule has 3 N–H and O–H groups in total. The maximum atomic E-state index is 12.6. The van der Waals surface area contributed by atoms with Gasteiger partial charge in [0, 0.05) is 43.1 Å². The summed E-state index contributed by atoms with van der Waals surface area (Å²) in [6.45, 7) is 4.88. The van der Waals surface area contributed by atoms with E-state index in [2.05, 4.69) is 37.9 Å². The molecule has 33 heavy (non-hydrogen) atoms. The average molecular weight is 442 g/mol. The first-order valence-electron chi connectivity index (χ1n) is 10.8. The molecule has 2 aromatic heterocycles. The first-order valence-corrected chi connectivity index (χ1v) is 10.8. The van der Waals surface area contributed by atoms with Gasteiger partial charge in [-0.25, -0.2) is 4.98 Å². The summed E-state index contributed by atoms with van der Waals surface area (Å²) >= 11 is 0. The van der Waals surface area contributed by atoms with Crippen LogP contribution in [0.25, 0.3) is 11.3 Å². The first-order chi connectivity index (χ1) is 16.0. The maximum Gasteiger partial charge on any atom is 0.269 e. The van der Waals surface area contributed by atoms with Gasteiger partial charge in [-0.3, -0.25) is 9.48 Å². The third-order valence-corrected chi connectivity index (χ3v) is 5.05. The molecule has 1 amide bonds. The molecule has 168 valence electrons. The molecule has 0 aliphatic carbocycles. The highest BCUT2D eigenvalue weighted by atomic mass is 16.2. The summed E-state index contributed by atoms with van der Waals surface area (Å²) in [7, 11) is 1.77. The highest BCUT2D eigenvalue weighted by molar-refractivity contribution is 5.93. The minimum absolute atomic E-state index is 0.180. The quantitative estimate of drug-likeness (QED) is 0.357. The number of aryl methyl sites for hydroxylation is 3. The number of anilines is 3. The van der Waals surface area contributed by atoms with Crippen molar-refractivity contribution in [2.75, 3.05) is 23.7 Å². The Morgan fingerprint density at radius 1 is 0.939 bits per heavy atom. The summed E-state index contributed by atoms with van der Waals surface area (Å²) in [5.74, 6) is 1.04. The largest absolute Gasteiger partial charge is 0.352 e. The number of benzene rings is 2. The first kappa shape index (κ1) is 22.0. The van der Waals surface area contributed by atoms with Crippen molar-refractivity contribution in [1.82, 2.24) is 25.1 Å². The van der Waals surface area contributed by atoms with Crippen molar-refractivity contribution in [1.29, 1.82) is 0 Å². The molecule has 0 aliphatic rings. The highest BCUT2D eigenvalue weighted by Crippen LogP contribution is 2.19. The predicted octanol–water partition coefficient (Wildman–Crippen LogP) is 4.08. The van der Waals surface area contributed by atoms with E-state index in [0.717, 1.165) is 22.6 Å². The lowest BCUT2D eigenvalue weighted by Gasteiger charge is -2.11. The van der Waals surface area contributed by atoms with Gasteiger partial charge in [-0.15, -0.1) is 0 Å². The van der Waals surface area contributed by atoms with E-state index in [1.807, 2.05) is 67.6 Å². The number of nitrogens with one attached hydrogen (secondary N) is 3. The van der Waals surface area contributed by atoms with Gasteiger partial charge < -0.3 is 16.0 Å². The van der Waals surface area contributed by atoms with E-state index in [1.165, 1.54) is 5.56 Å². The van der Waals surface area contributed by atoms with Gasteiger partial charge >= 0.3 is 0 Å². The van der Waals surface area contributed by atoms with E-state index in [1.54, 1.807) is 17.8 Å². The Morgan fingerprint density at radius 3 is 2.45 bits per heavy atom. The zero-order valence-corrected chi connectivity index (χ0v) is 19.0. The fourth-order valence-corrected chi connectivity index (χ4v) is 3.37. The van der Waals surface area contributed by atoms with E-state index < -0.39 is 0 Å². The molecule has 0 saturated carbocycles. The van der Waals surface area contributed by atoms with Gasteiger partial charge in [0.05, 0.1) is 5.69 Å². The van der Waals surface area contributed by atoms with Crippen LogP contribution >= 0.6 is 0 Å². The van der Waals surface area contributed by atoms with Gasteiger partial charge in [-0.2, -0.15) is 10.1 Å². The lowest BCUT2D eigenvalue weighted by Crippen LogP contribution is -2.30. The Bertz CT molecular complexity index is 1230. The van der Waals surface area contributed by atoms with Gasteiger partial charge in [-0.1, -0.05) is 48.0 Å². The van der Waals surface area contributed by atoms with E-state index >= 15 is 0 Å². The zero-order chi connectivity index (χ0) is 23.2. The molecule has 0 spiro atoms. The minimum atomic E-state index is -0.180. The van der Waals surface area contributed by atoms with Crippen molar-refractivity contribution in [2.24, 2.45) is 7.05 Å². The molecule has 4 rings (SSSR count). The van der Waals surface area contributed by atoms with Crippen molar-refractivity contribution in [3.05, 3.63) is 83.7 Å². The Balaban J connectivity index is 1.32. The summed E-state index contributed by atoms with van der Waals surface area (Å²) < 4.78 is 1.60. The molecule has 8 heteroatoms. The Hall–Kier alpha value is -4.20. The van der Waals surface area contributed by atoms with Crippen LogP contribution in [-0.2, 0) is 7.05 Å². The molecule has 0 atom stereocenters. The van der Waals surface area contributed by atoms with Crippen LogP contribution in [0.1, 0.15) is 21.7 Å². The highest BCUT2D eigenvalue weighted by Gasteiger charge is 2.14. The van der Waals surface area contributed by atoms with Crippen molar-refractivity contribution in [3.63, 3.8) is 0 Å². The fourth-order valence-electron chi connectivity index (χ4n) is 3.37. The van der Waals surface area contributed by atoms with Crippen LogP contribution in [0.2, 0.25) is 0 Å². The number of rotatable bonds is 8. The number of amides is 1. The summed E-state index contributed by atoms with van der Waals surface area (Å²) in [4.78, 5) is 21.6. The topological polar surface area (TPSA) is 96.8 Å². The van der Waals surface area contributed by atoms with Crippen molar-refractivity contribution in [2.45, 2.75) is 13.8 Å². The minimum Gasteiger partial charge on any atom is -0.352 e. The second-order valence-corrected chi connectivity index (χ2v) is 7.80. The monoisotopic (exact) mass is 441 g/mol. The summed E-state index contributed by atoms with van der Waals surface area (Å²) in [5.41, 5.74) is 5.25. The summed E-state index contributed by atoms with van der Waals surface area (Å²) in [6.07, 6.45) is 0. The molecule has 4 aromatic rings. The standard InChI is InChI=1S/C25H27N7O/c1-17-9-11-20(12-10-17)29-23-15-18(2)28-25(30-23)27-14-13-26-24(33)22-16-21(31-32(22)3)19-7-5-4-6-8-19/h4-12,15-16H,13-14H2,1-3H3,(H,26,33)(H2,27,28,29,30). The Morgan fingerprint density at radius 2 is 1.70 bits per heavy atom. The second-order valence-electron chi connectivity index (χ2n) is 7.80. The van der Waals surface area contributed by atoms with Crippen LogP contribution in [0, 0.1) is 13.8 Å². The molecule has 0 bridgehead atoms. The molecule has 2 aromatic carbocycles. The predicted molar refractivity (Wildman–Crippen MR) is 131 cm³/mol. The summed E-state index contributed by atoms with van der Waals surface area (Å²) in [6, 6.07) is 21.6. The SMILES string of the molecule is Cc1ccc(Nc2cc(C)nc(NCCNC(=O)c3cc(-c4ccccc4)nn3C)n2)cc1. The fraction of sp³-hybridized carbons (Fsp3) is 0.200. The molecular formula is C25H27N7O. The van der Waals surface area contributed by atoms with Gasteiger partial charge in [0.2, 0.25) is 5.95 Å². The van der Waals surface area contributed by atoms with Gasteiger partial charge in [0.15, 0.2) is 0 Å². The Kier molecular flexibility index (Phi) is 6.64. The van der Waals surface area contributed by atoms with Gasteiger partial charge in [0.1, 0.15) is 11.5 Å². The smallest absolute Gasteiger partial charge is 0.269 e. The summed E-state index contributed by atoms with van der Waals surface area (Å²) in [5, 5.41) is 13.8. The van der Waals surface area contributed by atoms with E-state index in [0.29, 0.717) is 30.5 Å². The average Bonchev–Trinajstić information content (AvgIpc) is 3.20. The maximum absolute atomic E-state index is 12.6.